The fourth-order valence-corrected chi connectivity index (χ4v) is 3.57. The number of hydrogen-bond donors (Lipinski definition) is 2. The van der Waals surface area contributed by atoms with Crippen molar-refractivity contribution in [1.82, 2.24) is 20.2 Å². The van der Waals surface area contributed by atoms with Gasteiger partial charge in [0.05, 0.1) is 17.4 Å². The molecule has 0 aliphatic heterocycles. The largest absolute Gasteiger partial charge is 0.356 e. The third-order valence-corrected chi connectivity index (χ3v) is 5.35. The maximum absolute atomic E-state index is 4.46. The minimum absolute atomic E-state index is 0.763. The standard InChI is InChI=1S/C22H29N5S/c1-23-22(24-13-5-6-14-28-2)25-15-18-9-11-19(12-10-18)16-27-17-26-20-7-3-4-8-21(20)27/h3-4,7-12,17H,5-6,13-16H2,1-2H3,(H2,23,24,25). The summed E-state index contributed by atoms with van der Waals surface area (Å²) < 4.78 is 2.19. The Morgan fingerprint density at radius 1 is 1.04 bits per heavy atom. The molecule has 3 rings (SSSR count). The van der Waals surface area contributed by atoms with Crippen LogP contribution in [0.5, 0.6) is 0 Å². The molecule has 0 bridgehead atoms. The topological polar surface area (TPSA) is 54.2 Å². The Balaban J connectivity index is 1.49. The van der Waals surface area contributed by atoms with Crippen molar-refractivity contribution in [3.63, 3.8) is 0 Å². The first-order chi connectivity index (χ1) is 13.8. The van der Waals surface area contributed by atoms with Crippen LogP contribution in [-0.4, -0.2) is 41.1 Å². The first kappa shape index (κ1) is 20.3. The molecular formula is C22H29N5S. The van der Waals surface area contributed by atoms with Crippen molar-refractivity contribution in [2.24, 2.45) is 4.99 Å². The third kappa shape index (κ3) is 5.76. The van der Waals surface area contributed by atoms with Gasteiger partial charge in [-0.2, -0.15) is 11.8 Å². The molecule has 0 aliphatic rings. The molecule has 0 unspecified atom stereocenters. The molecule has 0 spiro atoms. The molecule has 0 saturated carbocycles. The van der Waals surface area contributed by atoms with Crippen LogP contribution in [0.15, 0.2) is 59.9 Å². The molecule has 1 heterocycles. The van der Waals surface area contributed by atoms with Gasteiger partial charge in [0, 0.05) is 26.7 Å². The average molecular weight is 396 g/mol. The minimum atomic E-state index is 0.763. The van der Waals surface area contributed by atoms with E-state index in [1.807, 2.05) is 37.3 Å². The summed E-state index contributed by atoms with van der Waals surface area (Å²) in [5.74, 6) is 2.08. The fourth-order valence-electron chi connectivity index (χ4n) is 3.08. The van der Waals surface area contributed by atoms with Gasteiger partial charge in [-0.15, -0.1) is 0 Å². The van der Waals surface area contributed by atoms with Gasteiger partial charge in [-0.05, 0) is 48.1 Å². The number of para-hydroxylation sites is 2. The first-order valence-electron chi connectivity index (χ1n) is 9.71. The van der Waals surface area contributed by atoms with Crippen molar-refractivity contribution < 1.29 is 0 Å². The summed E-state index contributed by atoms with van der Waals surface area (Å²) >= 11 is 1.90. The smallest absolute Gasteiger partial charge is 0.191 e. The highest BCUT2D eigenvalue weighted by Gasteiger charge is 2.03. The zero-order valence-corrected chi connectivity index (χ0v) is 17.5. The second-order valence-corrected chi connectivity index (χ2v) is 7.72. The molecule has 28 heavy (non-hydrogen) atoms. The lowest BCUT2D eigenvalue weighted by atomic mass is 10.1. The number of aliphatic imine (C=N–C) groups is 1. The Kier molecular flexibility index (Phi) is 7.79. The summed E-state index contributed by atoms with van der Waals surface area (Å²) in [6, 6.07) is 17.0. The van der Waals surface area contributed by atoms with E-state index < -0.39 is 0 Å². The van der Waals surface area contributed by atoms with Crippen LogP contribution in [0.25, 0.3) is 11.0 Å². The second-order valence-electron chi connectivity index (χ2n) is 6.73. The average Bonchev–Trinajstić information content (AvgIpc) is 3.14. The van der Waals surface area contributed by atoms with Crippen LogP contribution >= 0.6 is 11.8 Å². The van der Waals surface area contributed by atoms with Gasteiger partial charge >= 0.3 is 0 Å². The molecule has 0 radical (unpaired) electrons. The zero-order valence-electron chi connectivity index (χ0n) is 16.7. The molecule has 2 N–H and O–H groups in total. The SMILES string of the molecule is CN=C(NCCCCSC)NCc1ccc(Cn2cnc3ccccc32)cc1. The van der Waals surface area contributed by atoms with E-state index in [1.54, 1.807) is 0 Å². The number of thioether (sulfide) groups is 1. The van der Waals surface area contributed by atoms with Crippen molar-refractivity contribution in [3.8, 4) is 0 Å². The van der Waals surface area contributed by atoms with Gasteiger partial charge < -0.3 is 15.2 Å². The van der Waals surface area contributed by atoms with Crippen LogP contribution in [0.4, 0.5) is 0 Å². The quantitative estimate of drug-likeness (QED) is 0.328. The van der Waals surface area contributed by atoms with Crippen LogP contribution in [-0.2, 0) is 13.1 Å². The second kappa shape index (κ2) is 10.8. The van der Waals surface area contributed by atoms with E-state index in [0.29, 0.717) is 0 Å². The van der Waals surface area contributed by atoms with Crippen LogP contribution < -0.4 is 10.6 Å². The van der Waals surface area contributed by atoms with E-state index >= 15 is 0 Å². The third-order valence-electron chi connectivity index (χ3n) is 4.65. The number of imidazole rings is 1. The normalized spacial score (nSPS) is 11.7. The molecular weight excluding hydrogens is 366 g/mol. The van der Waals surface area contributed by atoms with Gasteiger partial charge in [0.2, 0.25) is 0 Å². The molecule has 6 heteroatoms. The van der Waals surface area contributed by atoms with Crippen molar-refractivity contribution in [3.05, 3.63) is 66.0 Å². The number of fused-ring (bicyclic) bond motifs is 1. The van der Waals surface area contributed by atoms with Gasteiger partial charge in [-0.1, -0.05) is 36.4 Å². The summed E-state index contributed by atoms with van der Waals surface area (Å²) in [6.07, 6.45) is 6.46. The Morgan fingerprint density at radius 2 is 1.82 bits per heavy atom. The molecule has 0 amide bonds. The maximum atomic E-state index is 4.46. The molecule has 148 valence electrons. The van der Waals surface area contributed by atoms with Gasteiger partial charge in [0.1, 0.15) is 0 Å². The first-order valence-corrected chi connectivity index (χ1v) is 11.1. The van der Waals surface area contributed by atoms with Crippen LogP contribution in [0.1, 0.15) is 24.0 Å². The highest BCUT2D eigenvalue weighted by molar-refractivity contribution is 7.98. The van der Waals surface area contributed by atoms with E-state index in [1.165, 1.54) is 35.2 Å². The van der Waals surface area contributed by atoms with Crippen molar-refractivity contribution in [2.75, 3.05) is 25.6 Å². The molecule has 0 atom stereocenters. The number of rotatable bonds is 9. The summed E-state index contributed by atoms with van der Waals surface area (Å²) in [6.45, 7) is 2.55. The minimum Gasteiger partial charge on any atom is -0.356 e. The Hall–Kier alpha value is -2.47. The van der Waals surface area contributed by atoms with Gasteiger partial charge in [-0.3, -0.25) is 4.99 Å². The van der Waals surface area contributed by atoms with E-state index in [4.69, 9.17) is 0 Å². The highest BCUT2D eigenvalue weighted by Crippen LogP contribution is 2.14. The number of nitrogens with one attached hydrogen (secondary N) is 2. The fraction of sp³-hybridized carbons (Fsp3) is 0.364. The number of unbranched alkanes of at least 4 members (excludes halogenated alkanes) is 1. The molecule has 2 aromatic carbocycles. The molecule has 5 nitrogen and oxygen atoms in total. The predicted molar refractivity (Wildman–Crippen MR) is 121 cm³/mol. The van der Waals surface area contributed by atoms with Crippen LogP contribution in [0.2, 0.25) is 0 Å². The van der Waals surface area contributed by atoms with Crippen LogP contribution in [0, 0.1) is 0 Å². The maximum Gasteiger partial charge on any atom is 0.191 e. The van der Waals surface area contributed by atoms with Crippen LogP contribution in [0.3, 0.4) is 0 Å². The van der Waals surface area contributed by atoms with E-state index in [9.17, 15) is 0 Å². The number of benzene rings is 2. The molecule has 0 fully saturated rings. The lowest BCUT2D eigenvalue weighted by molar-refractivity contribution is 0.733. The van der Waals surface area contributed by atoms with Gasteiger partial charge in [0.25, 0.3) is 0 Å². The van der Waals surface area contributed by atoms with Gasteiger partial charge in [0.15, 0.2) is 5.96 Å². The Labute approximate surface area is 171 Å². The molecule has 3 aromatic rings. The molecule has 1 aromatic heterocycles. The van der Waals surface area contributed by atoms with E-state index in [-0.39, 0.29) is 0 Å². The van der Waals surface area contributed by atoms with Crippen molar-refractivity contribution >= 4 is 28.8 Å². The number of aromatic nitrogens is 2. The summed E-state index contributed by atoms with van der Waals surface area (Å²) in [7, 11) is 1.82. The highest BCUT2D eigenvalue weighted by atomic mass is 32.2. The lowest BCUT2D eigenvalue weighted by Gasteiger charge is -2.12. The summed E-state index contributed by atoms with van der Waals surface area (Å²) in [5, 5.41) is 6.76. The monoisotopic (exact) mass is 395 g/mol. The Bertz CT molecular complexity index is 885. The number of guanidine groups is 1. The number of nitrogens with zero attached hydrogens (tertiary/aromatic N) is 3. The van der Waals surface area contributed by atoms with E-state index in [2.05, 4.69) is 67.8 Å². The summed E-state index contributed by atoms with van der Waals surface area (Å²) in [5.41, 5.74) is 4.71. The molecule has 0 aliphatic carbocycles. The van der Waals surface area contributed by atoms with Crippen molar-refractivity contribution in [1.29, 1.82) is 0 Å². The summed E-state index contributed by atoms with van der Waals surface area (Å²) in [4.78, 5) is 8.76. The Morgan fingerprint density at radius 3 is 2.61 bits per heavy atom. The lowest BCUT2D eigenvalue weighted by Crippen LogP contribution is -2.37. The zero-order chi connectivity index (χ0) is 19.6. The van der Waals surface area contributed by atoms with Crippen molar-refractivity contribution in [2.45, 2.75) is 25.9 Å². The predicted octanol–water partition coefficient (Wildman–Crippen LogP) is 3.89. The number of hydrogen-bond acceptors (Lipinski definition) is 3. The van der Waals surface area contributed by atoms with Gasteiger partial charge in [-0.25, -0.2) is 4.98 Å². The van der Waals surface area contributed by atoms with E-state index in [0.717, 1.165) is 31.1 Å². The molecule has 0 saturated heterocycles.